The van der Waals surface area contributed by atoms with E-state index in [9.17, 15) is 14.4 Å². The average molecular weight is 399 g/mol. The van der Waals surface area contributed by atoms with Gasteiger partial charge >= 0.3 is 5.97 Å². The topological polar surface area (TPSA) is 87.7 Å². The molecule has 1 saturated heterocycles. The second-order valence-corrected chi connectivity index (χ2v) is 7.76. The average Bonchev–Trinajstić information content (AvgIpc) is 3.20. The van der Waals surface area contributed by atoms with Crippen LogP contribution in [0.15, 0.2) is 30.3 Å². The van der Waals surface area contributed by atoms with E-state index in [0.717, 1.165) is 43.6 Å². The third kappa shape index (κ3) is 6.34. The maximum atomic E-state index is 12.7. The summed E-state index contributed by atoms with van der Waals surface area (Å²) in [4.78, 5) is 41.3. The van der Waals surface area contributed by atoms with Gasteiger partial charge in [0.15, 0.2) is 0 Å². The number of hydrogen-bond acceptors (Lipinski definition) is 5. The minimum atomic E-state index is -0.576. The van der Waals surface area contributed by atoms with E-state index < -0.39 is 11.9 Å². The number of carbonyl (C=O) groups excluding carboxylic acids is 3. The minimum absolute atomic E-state index is 0.228. The maximum absolute atomic E-state index is 12.7. The molecule has 156 valence electrons. The van der Waals surface area contributed by atoms with Crippen LogP contribution in [0.1, 0.15) is 51.0 Å². The molecule has 0 radical (unpaired) electrons. The first-order chi connectivity index (χ1) is 14.0. The Morgan fingerprint density at radius 2 is 1.79 bits per heavy atom. The van der Waals surface area contributed by atoms with Gasteiger partial charge in [-0.25, -0.2) is 0 Å². The number of hydroxylamine groups is 1. The zero-order valence-electron chi connectivity index (χ0n) is 16.9. The molecule has 0 unspecified atom stereocenters. The van der Waals surface area contributed by atoms with Crippen LogP contribution in [0.4, 0.5) is 5.69 Å². The summed E-state index contributed by atoms with van der Waals surface area (Å²) >= 11 is 0. The van der Waals surface area contributed by atoms with E-state index >= 15 is 0 Å². The maximum Gasteiger partial charge on any atom is 0.329 e. The SMILES string of the molecule is CC(=O)ONC(=O)C=Cc1ccc(N[C@@H]2CCN(C(=O)C3CCCCC3)C2)cc1. The molecule has 0 spiro atoms. The predicted octanol–water partition coefficient (Wildman–Crippen LogP) is 2.89. The van der Waals surface area contributed by atoms with Gasteiger partial charge in [0.1, 0.15) is 0 Å². The zero-order chi connectivity index (χ0) is 20.6. The summed E-state index contributed by atoms with van der Waals surface area (Å²) in [6.45, 7) is 2.80. The van der Waals surface area contributed by atoms with Crippen molar-refractivity contribution in [2.45, 2.75) is 51.5 Å². The number of likely N-dealkylation sites (tertiary alicyclic amines) is 1. The van der Waals surface area contributed by atoms with Crippen molar-refractivity contribution >= 4 is 29.5 Å². The lowest BCUT2D eigenvalue weighted by atomic mass is 9.88. The van der Waals surface area contributed by atoms with E-state index in [4.69, 9.17) is 0 Å². The van der Waals surface area contributed by atoms with Crippen molar-refractivity contribution in [1.29, 1.82) is 0 Å². The summed E-state index contributed by atoms with van der Waals surface area (Å²) in [6.07, 6.45) is 9.60. The summed E-state index contributed by atoms with van der Waals surface area (Å²) in [5.41, 5.74) is 3.87. The van der Waals surface area contributed by atoms with Crippen LogP contribution in [0.3, 0.4) is 0 Å². The molecule has 1 atom stereocenters. The van der Waals surface area contributed by atoms with Gasteiger partial charge in [0.05, 0.1) is 0 Å². The molecule has 0 aromatic heterocycles. The Balaban J connectivity index is 1.45. The largest absolute Gasteiger partial charge is 0.380 e. The summed E-state index contributed by atoms with van der Waals surface area (Å²) in [6, 6.07) is 7.97. The fourth-order valence-corrected chi connectivity index (χ4v) is 3.94. The highest BCUT2D eigenvalue weighted by Gasteiger charge is 2.31. The number of rotatable bonds is 5. The smallest absolute Gasteiger partial charge is 0.329 e. The number of amides is 2. The second kappa shape index (κ2) is 10.1. The molecule has 1 heterocycles. The molecule has 7 nitrogen and oxygen atoms in total. The van der Waals surface area contributed by atoms with Gasteiger partial charge in [-0.1, -0.05) is 31.4 Å². The molecule has 3 rings (SSSR count). The Morgan fingerprint density at radius 1 is 1.07 bits per heavy atom. The van der Waals surface area contributed by atoms with Gasteiger partial charge in [0.25, 0.3) is 5.91 Å². The predicted molar refractivity (Wildman–Crippen MR) is 111 cm³/mol. The Bertz CT molecular complexity index is 754. The Labute approximate surface area is 171 Å². The fraction of sp³-hybridized carbons (Fsp3) is 0.500. The number of nitrogens with one attached hydrogen (secondary N) is 2. The third-order valence-electron chi connectivity index (χ3n) is 5.46. The van der Waals surface area contributed by atoms with E-state index in [1.165, 1.54) is 32.3 Å². The second-order valence-electron chi connectivity index (χ2n) is 7.76. The number of hydrogen-bond donors (Lipinski definition) is 2. The normalized spacial score (nSPS) is 19.9. The number of carbonyl (C=O) groups is 3. The first-order valence-electron chi connectivity index (χ1n) is 10.3. The molecule has 29 heavy (non-hydrogen) atoms. The molecule has 1 aromatic rings. The van der Waals surface area contributed by atoms with E-state index in [1.807, 2.05) is 34.6 Å². The van der Waals surface area contributed by atoms with Crippen molar-refractivity contribution in [3.63, 3.8) is 0 Å². The minimum Gasteiger partial charge on any atom is -0.380 e. The molecule has 1 saturated carbocycles. The Morgan fingerprint density at radius 3 is 2.48 bits per heavy atom. The lowest BCUT2D eigenvalue weighted by molar-refractivity contribution is -0.154. The van der Waals surface area contributed by atoms with Crippen LogP contribution in [0.2, 0.25) is 0 Å². The van der Waals surface area contributed by atoms with Crippen molar-refractivity contribution in [1.82, 2.24) is 10.4 Å². The molecule has 1 aliphatic carbocycles. The molecular formula is C22H29N3O4. The van der Waals surface area contributed by atoms with Gasteiger partial charge in [-0.2, -0.15) is 5.48 Å². The molecule has 2 N–H and O–H groups in total. The zero-order valence-corrected chi connectivity index (χ0v) is 16.9. The lowest BCUT2D eigenvalue weighted by Gasteiger charge is -2.26. The first kappa shape index (κ1) is 20.9. The first-order valence-corrected chi connectivity index (χ1v) is 10.3. The van der Waals surface area contributed by atoms with Crippen molar-refractivity contribution in [2.24, 2.45) is 5.92 Å². The van der Waals surface area contributed by atoms with Gasteiger partial charge < -0.3 is 15.1 Å². The van der Waals surface area contributed by atoms with Gasteiger partial charge in [-0.3, -0.25) is 14.4 Å². The van der Waals surface area contributed by atoms with E-state index in [0.29, 0.717) is 5.91 Å². The standard InChI is InChI=1S/C22H29N3O4/c1-16(26)29-24-21(27)12-9-17-7-10-19(11-8-17)23-20-13-14-25(15-20)22(28)18-5-3-2-4-6-18/h7-12,18,20,23H,2-6,13-15H2,1H3,(H,24,27)/t20-/m1/s1. The van der Waals surface area contributed by atoms with Crippen molar-refractivity contribution < 1.29 is 19.2 Å². The molecule has 0 bridgehead atoms. The van der Waals surface area contributed by atoms with Crippen LogP contribution in [0.5, 0.6) is 0 Å². The quantitative estimate of drug-likeness (QED) is 0.587. The van der Waals surface area contributed by atoms with Crippen LogP contribution in [0.25, 0.3) is 6.08 Å². The Hall–Kier alpha value is -2.83. The van der Waals surface area contributed by atoms with E-state index in [2.05, 4.69) is 10.2 Å². The number of benzene rings is 1. The highest BCUT2D eigenvalue weighted by Crippen LogP contribution is 2.27. The summed E-state index contributed by atoms with van der Waals surface area (Å²) in [5, 5.41) is 3.50. The van der Waals surface area contributed by atoms with Crippen molar-refractivity contribution in [3.05, 3.63) is 35.9 Å². The summed E-state index contributed by atoms with van der Waals surface area (Å²) < 4.78 is 0. The molecule has 1 aromatic carbocycles. The number of anilines is 1. The molecule has 2 aliphatic rings. The highest BCUT2D eigenvalue weighted by molar-refractivity contribution is 5.91. The third-order valence-corrected chi connectivity index (χ3v) is 5.46. The summed E-state index contributed by atoms with van der Waals surface area (Å²) in [5.74, 6) is -0.516. The van der Waals surface area contributed by atoms with Crippen molar-refractivity contribution in [3.8, 4) is 0 Å². The van der Waals surface area contributed by atoms with E-state index in [1.54, 1.807) is 6.08 Å². The Kier molecular flexibility index (Phi) is 7.27. The molecular weight excluding hydrogens is 370 g/mol. The van der Waals surface area contributed by atoms with Crippen LogP contribution in [-0.2, 0) is 19.2 Å². The molecule has 2 amide bonds. The molecule has 2 fully saturated rings. The fourth-order valence-electron chi connectivity index (χ4n) is 3.94. The molecule has 7 heteroatoms. The van der Waals surface area contributed by atoms with Crippen LogP contribution in [-0.4, -0.2) is 41.8 Å². The molecule has 1 aliphatic heterocycles. The van der Waals surface area contributed by atoms with E-state index in [-0.39, 0.29) is 12.0 Å². The monoisotopic (exact) mass is 399 g/mol. The van der Waals surface area contributed by atoms with Crippen LogP contribution in [0, 0.1) is 5.92 Å². The summed E-state index contributed by atoms with van der Waals surface area (Å²) in [7, 11) is 0. The van der Waals surface area contributed by atoms with Crippen LogP contribution < -0.4 is 10.8 Å². The van der Waals surface area contributed by atoms with Crippen LogP contribution >= 0.6 is 0 Å². The van der Waals surface area contributed by atoms with Crippen molar-refractivity contribution in [2.75, 3.05) is 18.4 Å². The van der Waals surface area contributed by atoms with Gasteiger partial charge in [-0.05, 0) is 43.0 Å². The lowest BCUT2D eigenvalue weighted by Crippen LogP contribution is -2.36. The van der Waals surface area contributed by atoms with Gasteiger partial charge in [-0.15, -0.1) is 0 Å². The van der Waals surface area contributed by atoms with Gasteiger partial charge in [0, 0.05) is 43.7 Å². The van der Waals surface area contributed by atoms with Gasteiger partial charge in [0.2, 0.25) is 5.91 Å². The number of nitrogens with zero attached hydrogens (tertiary/aromatic N) is 1. The highest BCUT2D eigenvalue weighted by atomic mass is 16.7.